The zero-order chi connectivity index (χ0) is 31.9. The summed E-state index contributed by atoms with van der Waals surface area (Å²) in [7, 11) is 0. The fourth-order valence-electron chi connectivity index (χ4n) is 5.38. The second kappa shape index (κ2) is 17.9. The van der Waals surface area contributed by atoms with Crippen LogP contribution in [0.25, 0.3) is 0 Å². The molecule has 0 aliphatic rings. The first-order valence-corrected chi connectivity index (χ1v) is 15.9. The van der Waals surface area contributed by atoms with Crippen LogP contribution in [0.5, 0.6) is 0 Å². The van der Waals surface area contributed by atoms with Crippen LogP contribution in [-0.4, -0.2) is 41.6 Å². The predicted octanol–water partition coefficient (Wildman–Crippen LogP) is 7.97. The van der Waals surface area contributed by atoms with Crippen molar-refractivity contribution in [3.8, 4) is 0 Å². The third kappa shape index (κ3) is 11.6. The van der Waals surface area contributed by atoms with Gasteiger partial charge in [-0.2, -0.15) is 0 Å². The number of nitrogens with zero attached hydrogens (tertiary/aromatic N) is 1. The maximum absolute atomic E-state index is 11.9. The Morgan fingerprint density at radius 1 is 0.778 bits per heavy atom. The third-order valence-electron chi connectivity index (χ3n) is 7.87. The van der Waals surface area contributed by atoms with Crippen LogP contribution in [0.1, 0.15) is 76.0 Å². The molecule has 4 rings (SSSR count). The van der Waals surface area contributed by atoms with Crippen molar-refractivity contribution in [2.45, 2.75) is 65.2 Å². The molecule has 4 aromatic rings. The maximum Gasteiger partial charge on any atom is 0.335 e. The number of ether oxygens (including phenoxy) is 2. The predicted molar refractivity (Wildman–Crippen MR) is 178 cm³/mol. The molecule has 6 heteroatoms. The normalized spacial score (nSPS) is 11.8. The summed E-state index contributed by atoms with van der Waals surface area (Å²) in [4.78, 5) is 25.6. The lowest BCUT2D eigenvalue weighted by Crippen LogP contribution is -2.30. The molecular formula is C39H45NO5. The molecule has 1 N–H and O–H groups in total. The highest BCUT2D eigenvalue weighted by atomic mass is 16.5. The maximum atomic E-state index is 11.9. The summed E-state index contributed by atoms with van der Waals surface area (Å²) in [6.45, 7) is 6.85. The highest BCUT2D eigenvalue weighted by Gasteiger charge is 2.19. The average Bonchev–Trinajstić information content (AvgIpc) is 3.05. The summed E-state index contributed by atoms with van der Waals surface area (Å²) in [6.07, 6.45) is 3.80. The van der Waals surface area contributed by atoms with Crippen LogP contribution in [0.15, 0.2) is 103 Å². The average molecular weight is 608 g/mol. The monoisotopic (exact) mass is 607 g/mol. The number of unbranched alkanes of at least 4 members (excludes halogenated alkanes) is 1. The van der Waals surface area contributed by atoms with E-state index < -0.39 is 5.97 Å². The van der Waals surface area contributed by atoms with Crippen LogP contribution in [-0.2, 0) is 40.3 Å². The molecule has 0 aromatic heterocycles. The molecule has 0 saturated carbocycles. The van der Waals surface area contributed by atoms with Crippen molar-refractivity contribution in [2.24, 2.45) is 0 Å². The minimum atomic E-state index is -0.936. The fraction of sp³-hybridized carbons (Fsp3) is 0.333. The lowest BCUT2D eigenvalue weighted by molar-refractivity contribution is -0.143. The van der Waals surface area contributed by atoms with Gasteiger partial charge in [-0.3, -0.25) is 9.69 Å². The van der Waals surface area contributed by atoms with Gasteiger partial charge < -0.3 is 14.6 Å². The molecule has 0 saturated heterocycles. The van der Waals surface area contributed by atoms with E-state index in [1.807, 2.05) is 25.1 Å². The van der Waals surface area contributed by atoms with Gasteiger partial charge in [0.2, 0.25) is 0 Å². The summed E-state index contributed by atoms with van der Waals surface area (Å²) < 4.78 is 11.7. The zero-order valence-electron chi connectivity index (χ0n) is 26.5. The standard InChI is InChI=1S/C39H45NO5/c1-3-44-38(41)14-7-8-25-40(27-33-21-23-35(24-22-33)39(42)43)28-37(36-13-9-10-30(2)26-36)45-29-34-19-17-32(18-20-34)16-15-31-11-5-4-6-12-31/h4-6,9-13,17-24,26,37H,3,7-8,14-16,25,27-29H2,1-2H3,(H,42,43). The van der Waals surface area contributed by atoms with E-state index in [-0.39, 0.29) is 17.6 Å². The van der Waals surface area contributed by atoms with Gasteiger partial charge in [-0.05, 0) is 86.0 Å². The van der Waals surface area contributed by atoms with Crippen molar-refractivity contribution < 1.29 is 24.2 Å². The zero-order valence-corrected chi connectivity index (χ0v) is 26.5. The molecule has 236 valence electrons. The number of aryl methyl sites for hydroxylation is 3. The van der Waals surface area contributed by atoms with Crippen LogP contribution in [0.2, 0.25) is 0 Å². The smallest absolute Gasteiger partial charge is 0.335 e. The van der Waals surface area contributed by atoms with E-state index in [9.17, 15) is 14.7 Å². The Kier molecular flexibility index (Phi) is 13.4. The van der Waals surface area contributed by atoms with E-state index >= 15 is 0 Å². The van der Waals surface area contributed by atoms with Gasteiger partial charge >= 0.3 is 11.9 Å². The minimum absolute atomic E-state index is 0.166. The second-order valence-electron chi connectivity index (χ2n) is 11.5. The highest BCUT2D eigenvalue weighted by molar-refractivity contribution is 5.87. The fourth-order valence-corrected chi connectivity index (χ4v) is 5.38. The van der Waals surface area contributed by atoms with Crippen molar-refractivity contribution in [1.82, 2.24) is 4.90 Å². The summed E-state index contributed by atoms with van der Waals surface area (Å²) in [5.41, 5.74) is 7.36. The molecular weight excluding hydrogens is 562 g/mol. The molecule has 0 aliphatic carbocycles. The van der Waals surface area contributed by atoms with Crippen molar-refractivity contribution in [1.29, 1.82) is 0 Å². The third-order valence-corrected chi connectivity index (χ3v) is 7.87. The van der Waals surface area contributed by atoms with Crippen molar-refractivity contribution in [3.63, 3.8) is 0 Å². The number of benzene rings is 4. The van der Waals surface area contributed by atoms with Crippen LogP contribution in [0, 0.1) is 6.92 Å². The number of esters is 1. The number of carbonyl (C=O) groups excluding carboxylic acids is 1. The number of carboxylic acids is 1. The van der Waals surface area contributed by atoms with Gasteiger partial charge in [0.25, 0.3) is 0 Å². The second-order valence-corrected chi connectivity index (χ2v) is 11.5. The topological polar surface area (TPSA) is 76.1 Å². The molecule has 0 bridgehead atoms. The van der Waals surface area contributed by atoms with Gasteiger partial charge in [-0.25, -0.2) is 4.79 Å². The van der Waals surface area contributed by atoms with E-state index in [0.29, 0.717) is 32.7 Å². The molecule has 1 atom stereocenters. The van der Waals surface area contributed by atoms with Gasteiger partial charge in [-0.15, -0.1) is 0 Å². The Labute approximate surface area is 267 Å². The number of aromatic carboxylic acids is 1. The van der Waals surface area contributed by atoms with Gasteiger partial charge in [0.15, 0.2) is 0 Å². The van der Waals surface area contributed by atoms with E-state index in [2.05, 4.69) is 84.6 Å². The van der Waals surface area contributed by atoms with Crippen LogP contribution >= 0.6 is 0 Å². The van der Waals surface area contributed by atoms with Gasteiger partial charge in [0.1, 0.15) is 0 Å². The Morgan fingerprint density at radius 3 is 2.11 bits per heavy atom. The Bertz CT molecular complexity index is 1470. The van der Waals surface area contributed by atoms with Gasteiger partial charge in [0, 0.05) is 19.5 Å². The van der Waals surface area contributed by atoms with Gasteiger partial charge in [-0.1, -0.05) is 96.6 Å². The molecule has 0 aliphatic heterocycles. The first kappa shape index (κ1) is 33.6. The molecule has 45 heavy (non-hydrogen) atoms. The number of carboxylic acid groups (broad SMARTS) is 1. The van der Waals surface area contributed by atoms with Crippen LogP contribution in [0.3, 0.4) is 0 Å². The first-order valence-electron chi connectivity index (χ1n) is 15.9. The van der Waals surface area contributed by atoms with E-state index in [4.69, 9.17) is 9.47 Å². The van der Waals surface area contributed by atoms with Crippen LogP contribution in [0.4, 0.5) is 0 Å². The van der Waals surface area contributed by atoms with E-state index in [1.165, 1.54) is 16.7 Å². The quantitative estimate of drug-likeness (QED) is 0.0913. The summed E-state index contributed by atoms with van der Waals surface area (Å²) in [5.74, 6) is -1.10. The number of rotatable bonds is 18. The van der Waals surface area contributed by atoms with Crippen molar-refractivity contribution in [2.75, 3.05) is 19.7 Å². The van der Waals surface area contributed by atoms with Gasteiger partial charge in [0.05, 0.1) is 24.9 Å². The number of carbonyl (C=O) groups is 2. The van der Waals surface area contributed by atoms with Crippen LogP contribution < -0.4 is 0 Å². The molecule has 6 nitrogen and oxygen atoms in total. The summed E-state index contributed by atoms with van der Waals surface area (Å²) in [5, 5.41) is 9.33. The molecule has 0 spiro atoms. The largest absolute Gasteiger partial charge is 0.478 e. The van der Waals surface area contributed by atoms with Crippen molar-refractivity contribution >= 4 is 11.9 Å². The first-order chi connectivity index (χ1) is 21.9. The number of hydrogen-bond acceptors (Lipinski definition) is 5. The molecule has 4 aromatic carbocycles. The molecule has 1 unspecified atom stereocenters. The summed E-state index contributed by atoms with van der Waals surface area (Å²) >= 11 is 0. The van der Waals surface area contributed by atoms with E-state index in [1.54, 1.807) is 12.1 Å². The molecule has 0 radical (unpaired) electrons. The minimum Gasteiger partial charge on any atom is -0.478 e. The molecule has 0 amide bonds. The highest BCUT2D eigenvalue weighted by Crippen LogP contribution is 2.24. The van der Waals surface area contributed by atoms with E-state index in [0.717, 1.165) is 48.9 Å². The Morgan fingerprint density at radius 2 is 1.44 bits per heavy atom. The lowest BCUT2D eigenvalue weighted by atomic mass is 10.0. The Hall–Kier alpha value is -4.26. The Balaban J connectivity index is 1.44. The SMILES string of the molecule is CCOC(=O)CCCCN(Cc1ccc(C(=O)O)cc1)CC(OCc1ccc(CCc2ccccc2)cc1)c1cccc(C)c1. The van der Waals surface area contributed by atoms with Crippen molar-refractivity contribution in [3.05, 3.63) is 142 Å². The number of hydrogen-bond donors (Lipinski definition) is 1. The summed E-state index contributed by atoms with van der Waals surface area (Å²) in [6, 6.07) is 34.7. The lowest BCUT2D eigenvalue weighted by Gasteiger charge is -2.28. The molecule has 0 fully saturated rings. The molecule has 0 heterocycles.